The van der Waals surface area contributed by atoms with Crippen molar-refractivity contribution in [2.24, 2.45) is 0 Å². The molecule has 0 saturated carbocycles. The van der Waals surface area contributed by atoms with Gasteiger partial charge in [0.2, 0.25) is 0 Å². The predicted molar refractivity (Wildman–Crippen MR) is 77.9 cm³/mol. The van der Waals surface area contributed by atoms with Gasteiger partial charge in [0.1, 0.15) is 11.3 Å². The highest BCUT2D eigenvalue weighted by atomic mass is 16.5. The number of ether oxygens (including phenoxy) is 3. The Morgan fingerprint density at radius 1 is 0.957 bits per heavy atom. The van der Waals surface area contributed by atoms with Crippen molar-refractivity contribution in [2.75, 3.05) is 14.2 Å². The van der Waals surface area contributed by atoms with Crippen molar-refractivity contribution in [3.8, 4) is 5.75 Å². The fraction of sp³-hybridized carbons (Fsp3) is 0.200. The van der Waals surface area contributed by atoms with Crippen LogP contribution < -0.4 is 4.74 Å². The first kappa shape index (κ1) is 19.8. The van der Waals surface area contributed by atoms with Crippen LogP contribution in [0, 0.1) is 0 Å². The van der Waals surface area contributed by atoms with Crippen molar-refractivity contribution in [3.63, 3.8) is 0 Å². The van der Waals surface area contributed by atoms with Crippen LogP contribution in [0.2, 0.25) is 0 Å². The Kier molecular flexibility index (Phi) is 9.10. The number of rotatable bonds is 4. The molecule has 8 heteroatoms. The second-order valence-electron chi connectivity index (χ2n) is 3.77. The van der Waals surface area contributed by atoms with E-state index in [2.05, 4.69) is 14.2 Å². The minimum Gasteiger partial charge on any atom is -0.478 e. The van der Waals surface area contributed by atoms with Gasteiger partial charge in [-0.15, -0.1) is 0 Å². The van der Waals surface area contributed by atoms with Crippen LogP contribution in [-0.4, -0.2) is 43.2 Å². The quantitative estimate of drug-likeness (QED) is 0.499. The summed E-state index contributed by atoms with van der Waals surface area (Å²) in [5, 5.41) is 8.69. The van der Waals surface area contributed by atoms with E-state index in [9.17, 15) is 19.2 Å². The Morgan fingerprint density at radius 3 is 1.83 bits per heavy atom. The van der Waals surface area contributed by atoms with E-state index in [4.69, 9.17) is 5.11 Å². The van der Waals surface area contributed by atoms with Crippen LogP contribution in [0.3, 0.4) is 0 Å². The molecule has 0 unspecified atom stereocenters. The van der Waals surface area contributed by atoms with Crippen LogP contribution in [0.1, 0.15) is 17.3 Å². The molecule has 124 valence electrons. The van der Waals surface area contributed by atoms with Crippen molar-refractivity contribution in [1.82, 2.24) is 0 Å². The molecule has 1 aromatic rings. The highest BCUT2D eigenvalue weighted by Gasteiger charge is 2.10. The normalized spacial score (nSPS) is 9.35. The Labute approximate surface area is 132 Å². The molecule has 0 fully saturated rings. The molecular weight excluding hydrogens is 308 g/mol. The largest absolute Gasteiger partial charge is 0.478 e. The van der Waals surface area contributed by atoms with Gasteiger partial charge in [0.25, 0.3) is 0 Å². The molecule has 0 bridgehead atoms. The predicted octanol–water partition coefficient (Wildman–Crippen LogP) is 1.20. The lowest BCUT2D eigenvalue weighted by molar-refractivity contribution is -0.137. The van der Waals surface area contributed by atoms with E-state index in [1.54, 1.807) is 12.1 Å². The van der Waals surface area contributed by atoms with Crippen LogP contribution in [0.25, 0.3) is 0 Å². The molecule has 0 amide bonds. The highest BCUT2D eigenvalue weighted by Crippen LogP contribution is 2.17. The van der Waals surface area contributed by atoms with Crippen molar-refractivity contribution in [2.45, 2.75) is 6.92 Å². The molecule has 8 nitrogen and oxygen atoms in total. The van der Waals surface area contributed by atoms with Gasteiger partial charge in [0.05, 0.1) is 14.2 Å². The minimum absolute atomic E-state index is 0.0160. The minimum atomic E-state index is -1.11. The molecule has 0 aliphatic carbocycles. The number of esters is 3. The summed E-state index contributed by atoms with van der Waals surface area (Å²) < 4.78 is 13.1. The number of hydrogen-bond acceptors (Lipinski definition) is 7. The number of carbonyl (C=O) groups excluding carboxylic acids is 3. The van der Waals surface area contributed by atoms with E-state index >= 15 is 0 Å². The zero-order chi connectivity index (χ0) is 17.8. The molecule has 1 N–H and O–H groups in total. The number of carbonyl (C=O) groups is 4. The van der Waals surface area contributed by atoms with E-state index in [-0.39, 0.29) is 11.3 Å². The summed E-state index contributed by atoms with van der Waals surface area (Å²) in [4.78, 5) is 41.8. The summed E-state index contributed by atoms with van der Waals surface area (Å²) in [5.41, 5.74) is -0.0160. The Morgan fingerprint density at radius 2 is 1.43 bits per heavy atom. The zero-order valence-electron chi connectivity index (χ0n) is 12.8. The molecule has 1 rings (SSSR count). The summed E-state index contributed by atoms with van der Waals surface area (Å²) in [6.07, 6.45) is 1.98. The molecule has 1 aromatic carbocycles. The topological polar surface area (TPSA) is 116 Å². The molecule has 0 radical (unpaired) electrons. The van der Waals surface area contributed by atoms with E-state index in [0.29, 0.717) is 0 Å². The van der Waals surface area contributed by atoms with Crippen molar-refractivity contribution < 1.29 is 38.5 Å². The molecule has 0 spiro atoms. The lowest BCUT2D eigenvalue weighted by atomic mass is 10.2. The number of hydrogen-bond donors (Lipinski definition) is 1. The first-order chi connectivity index (χ1) is 10.8. The second kappa shape index (κ2) is 10.6. The first-order valence-electron chi connectivity index (χ1n) is 6.16. The van der Waals surface area contributed by atoms with Gasteiger partial charge < -0.3 is 19.3 Å². The molecule has 0 aromatic heterocycles. The van der Waals surface area contributed by atoms with Gasteiger partial charge in [-0.05, 0) is 12.1 Å². The van der Waals surface area contributed by atoms with Crippen LogP contribution >= 0.6 is 0 Å². The summed E-state index contributed by atoms with van der Waals surface area (Å²) in [6.45, 7) is 1.22. The van der Waals surface area contributed by atoms with Gasteiger partial charge in [-0.25, -0.2) is 14.4 Å². The number of benzene rings is 1. The maximum absolute atomic E-state index is 10.6. The summed E-state index contributed by atoms with van der Waals surface area (Å²) >= 11 is 0. The van der Waals surface area contributed by atoms with Gasteiger partial charge >= 0.3 is 23.9 Å². The van der Waals surface area contributed by atoms with Crippen molar-refractivity contribution in [1.29, 1.82) is 0 Å². The number of carboxylic acids is 1. The average molecular weight is 324 g/mol. The number of aromatic carboxylic acids is 1. The van der Waals surface area contributed by atoms with Crippen LogP contribution in [-0.2, 0) is 23.9 Å². The Bertz CT molecular complexity index is 585. The van der Waals surface area contributed by atoms with Crippen molar-refractivity contribution in [3.05, 3.63) is 42.0 Å². The third-order valence-electron chi connectivity index (χ3n) is 2.13. The Balaban J connectivity index is 0.000000438. The van der Waals surface area contributed by atoms with Gasteiger partial charge in [0, 0.05) is 19.1 Å². The fourth-order valence-corrected chi connectivity index (χ4v) is 1.16. The van der Waals surface area contributed by atoms with Crippen LogP contribution in [0.5, 0.6) is 5.75 Å². The molecular formula is C15H16O8. The Hall–Kier alpha value is -3.16. The average Bonchev–Trinajstić information content (AvgIpc) is 2.52. The maximum atomic E-state index is 10.6. The van der Waals surface area contributed by atoms with E-state index < -0.39 is 23.9 Å². The van der Waals surface area contributed by atoms with Crippen LogP contribution in [0.15, 0.2) is 36.4 Å². The third-order valence-corrected chi connectivity index (χ3v) is 2.13. The fourth-order valence-electron chi connectivity index (χ4n) is 1.16. The molecule has 0 saturated heterocycles. The molecule has 0 aliphatic heterocycles. The summed E-state index contributed by atoms with van der Waals surface area (Å²) in [7, 11) is 2.45. The SMILES string of the molecule is CC(=O)Oc1ccccc1C(=O)O.COC(=O)/C=C/C(=O)OC. The standard InChI is InChI=1S/C9H8O4.C6H8O4/c1-6(10)13-8-5-3-2-4-7(8)9(11)12;1-9-5(7)3-4-6(8)10-2/h2-5H,1H3,(H,11,12);3-4H,1-2H3/b;4-3+. The zero-order valence-corrected chi connectivity index (χ0v) is 12.8. The molecule has 0 aliphatic rings. The molecule has 23 heavy (non-hydrogen) atoms. The molecule has 0 atom stereocenters. The summed E-state index contributed by atoms with van der Waals surface area (Å²) in [6, 6.07) is 5.98. The van der Waals surface area contributed by atoms with Crippen molar-refractivity contribution >= 4 is 23.9 Å². The monoisotopic (exact) mass is 324 g/mol. The van der Waals surface area contributed by atoms with Gasteiger partial charge in [-0.2, -0.15) is 0 Å². The molecule has 0 heterocycles. The van der Waals surface area contributed by atoms with Gasteiger partial charge in [-0.1, -0.05) is 12.1 Å². The lowest BCUT2D eigenvalue weighted by Crippen LogP contribution is -2.06. The van der Waals surface area contributed by atoms with Gasteiger partial charge in [-0.3, -0.25) is 4.79 Å². The smallest absolute Gasteiger partial charge is 0.339 e. The number of para-hydroxylation sites is 1. The number of methoxy groups -OCH3 is 2. The third kappa shape index (κ3) is 8.66. The summed E-state index contributed by atoms with van der Waals surface area (Å²) in [5.74, 6) is -2.73. The lowest BCUT2D eigenvalue weighted by Gasteiger charge is -2.03. The van der Waals surface area contributed by atoms with Crippen LogP contribution in [0.4, 0.5) is 0 Å². The second-order valence-corrected chi connectivity index (χ2v) is 3.77. The van der Waals surface area contributed by atoms with Gasteiger partial charge in [0.15, 0.2) is 0 Å². The number of carboxylic acid groups (broad SMARTS) is 1. The highest BCUT2D eigenvalue weighted by molar-refractivity contribution is 5.92. The van der Waals surface area contributed by atoms with E-state index in [1.165, 1.54) is 33.3 Å². The first-order valence-corrected chi connectivity index (χ1v) is 6.16. The maximum Gasteiger partial charge on any atom is 0.339 e. The van der Waals surface area contributed by atoms with E-state index in [1.807, 2.05) is 0 Å². The van der Waals surface area contributed by atoms with E-state index in [0.717, 1.165) is 12.2 Å².